The molecule has 4 nitrogen and oxygen atoms in total. The standard InChI is InChI=1S/C20H19BrO4/c21-11-5-1-2-6-12-25-16-10-9-15-17(20(16)24)19(23)14-8-4-3-7-13(14)18(15)22/h3-4,7-10,24H,1-2,5-6,11-12H2. The van der Waals surface area contributed by atoms with Gasteiger partial charge >= 0.3 is 0 Å². The number of carbonyl (C=O) groups excluding carboxylic acids is 2. The first kappa shape index (κ1) is 17.7. The van der Waals surface area contributed by atoms with Gasteiger partial charge in [-0.1, -0.05) is 53.0 Å². The quantitative estimate of drug-likeness (QED) is 0.466. The van der Waals surface area contributed by atoms with Crippen molar-refractivity contribution in [1.82, 2.24) is 0 Å². The first-order chi connectivity index (χ1) is 12.1. The van der Waals surface area contributed by atoms with Crippen LogP contribution in [0.1, 0.15) is 57.5 Å². The highest BCUT2D eigenvalue weighted by molar-refractivity contribution is 9.09. The highest BCUT2D eigenvalue weighted by Crippen LogP contribution is 2.38. The summed E-state index contributed by atoms with van der Waals surface area (Å²) in [5, 5.41) is 11.5. The number of hydrogen-bond donors (Lipinski definition) is 1. The molecule has 0 bridgehead atoms. The van der Waals surface area contributed by atoms with Crippen LogP contribution in [-0.4, -0.2) is 28.6 Å². The zero-order valence-corrected chi connectivity index (χ0v) is 15.3. The van der Waals surface area contributed by atoms with Gasteiger partial charge in [-0.05, 0) is 25.0 Å². The van der Waals surface area contributed by atoms with Crippen LogP contribution in [0, 0.1) is 0 Å². The van der Waals surface area contributed by atoms with Crippen molar-refractivity contribution in [2.45, 2.75) is 25.7 Å². The number of aromatic hydroxyl groups is 1. The van der Waals surface area contributed by atoms with Crippen molar-refractivity contribution in [1.29, 1.82) is 0 Å². The van der Waals surface area contributed by atoms with Gasteiger partial charge in [-0.3, -0.25) is 9.59 Å². The Morgan fingerprint density at radius 1 is 0.840 bits per heavy atom. The summed E-state index contributed by atoms with van der Waals surface area (Å²) >= 11 is 3.40. The third-order valence-corrected chi connectivity index (χ3v) is 4.88. The molecule has 25 heavy (non-hydrogen) atoms. The number of hydrogen-bond acceptors (Lipinski definition) is 4. The van der Waals surface area contributed by atoms with Crippen molar-refractivity contribution >= 4 is 27.5 Å². The van der Waals surface area contributed by atoms with Crippen LogP contribution < -0.4 is 4.74 Å². The number of benzene rings is 2. The fourth-order valence-electron chi connectivity index (χ4n) is 3.00. The lowest BCUT2D eigenvalue weighted by Crippen LogP contribution is -2.21. The van der Waals surface area contributed by atoms with Gasteiger partial charge in [0.1, 0.15) is 0 Å². The Hall–Kier alpha value is -2.14. The summed E-state index contributed by atoms with van der Waals surface area (Å²) in [4.78, 5) is 25.3. The van der Waals surface area contributed by atoms with Crippen LogP contribution in [-0.2, 0) is 0 Å². The van der Waals surface area contributed by atoms with Crippen LogP contribution >= 0.6 is 15.9 Å². The molecule has 3 rings (SSSR count). The number of phenols is 1. The van der Waals surface area contributed by atoms with Crippen LogP contribution in [0.2, 0.25) is 0 Å². The van der Waals surface area contributed by atoms with Crippen molar-refractivity contribution in [2.24, 2.45) is 0 Å². The van der Waals surface area contributed by atoms with Gasteiger partial charge in [0, 0.05) is 22.0 Å². The largest absolute Gasteiger partial charge is 0.504 e. The van der Waals surface area contributed by atoms with Gasteiger partial charge in [0.15, 0.2) is 23.1 Å². The van der Waals surface area contributed by atoms with Crippen molar-refractivity contribution in [3.05, 3.63) is 58.7 Å². The molecule has 2 aromatic rings. The van der Waals surface area contributed by atoms with Gasteiger partial charge in [0.2, 0.25) is 0 Å². The Morgan fingerprint density at radius 3 is 2.24 bits per heavy atom. The Balaban J connectivity index is 1.80. The second-order valence-electron chi connectivity index (χ2n) is 5.99. The predicted molar refractivity (Wildman–Crippen MR) is 99.2 cm³/mol. The van der Waals surface area contributed by atoms with Crippen LogP contribution in [0.4, 0.5) is 0 Å². The maximum atomic E-state index is 12.7. The van der Waals surface area contributed by atoms with E-state index < -0.39 is 0 Å². The van der Waals surface area contributed by atoms with Crippen LogP contribution in [0.25, 0.3) is 0 Å². The number of ether oxygens (including phenoxy) is 1. The molecule has 0 radical (unpaired) electrons. The van der Waals surface area contributed by atoms with Gasteiger partial charge in [0.25, 0.3) is 0 Å². The maximum absolute atomic E-state index is 12.7. The minimum Gasteiger partial charge on any atom is -0.504 e. The molecule has 0 saturated carbocycles. The lowest BCUT2D eigenvalue weighted by molar-refractivity contribution is 0.0976. The molecule has 0 atom stereocenters. The third kappa shape index (κ3) is 3.47. The van der Waals surface area contributed by atoms with E-state index in [-0.39, 0.29) is 34.2 Å². The molecule has 2 aromatic carbocycles. The van der Waals surface area contributed by atoms with E-state index in [4.69, 9.17) is 4.74 Å². The monoisotopic (exact) mass is 402 g/mol. The molecule has 0 saturated heterocycles. The number of alkyl halides is 1. The van der Waals surface area contributed by atoms with Gasteiger partial charge < -0.3 is 9.84 Å². The summed E-state index contributed by atoms with van der Waals surface area (Å²) in [6, 6.07) is 9.79. The number of carbonyl (C=O) groups is 2. The van der Waals surface area contributed by atoms with E-state index in [1.807, 2.05) is 0 Å². The zero-order valence-electron chi connectivity index (χ0n) is 13.8. The first-order valence-corrected chi connectivity index (χ1v) is 9.50. The van der Waals surface area contributed by atoms with Crippen LogP contribution in [0.3, 0.4) is 0 Å². The molecule has 0 amide bonds. The molecule has 1 N–H and O–H groups in total. The Morgan fingerprint density at radius 2 is 1.52 bits per heavy atom. The normalized spacial score (nSPS) is 12.7. The lowest BCUT2D eigenvalue weighted by Gasteiger charge is -2.19. The number of fused-ring (bicyclic) bond motifs is 2. The van der Waals surface area contributed by atoms with E-state index in [1.165, 1.54) is 0 Å². The van der Waals surface area contributed by atoms with Crippen molar-refractivity contribution < 1.29 is 19.4 Å². The fraction of sp³-hybridized carbons (Fsp3) is 0.300. The first-order valence-electron chi connectivity index (χ1n) is 8.38. The summed E-state index contributed by atoms with van der Waals surface area (Å²) < 4.78 is 5.63. The minimum atomic E-state index is -0.342. The molecule has 1 aliphatic rings. The maximum Gasteiger partial charge on any atom is 0.198 e. The molecule has 5 heteroatoms. The van der Waals surface area contributed by atoms with Crippen molar-refractivity contribution in [3.63, 3.8) is 0 Å². The molecule has 0 spiro atoms. The summed E-state index contributed by atoms with van der Waals surface area (Å²) in [5.41, 5.74) is 0.966. The van der Waals surface area contributed by atoms with Crippen molar-refractivity contribution in [3.8, 4) is 11.5 Å². The van der Waals surface area contributed by atoms with Gasteiger partial charge in [-0.25, -0.2) is 0 Å². The molecular weight excluding hydrogens is 384 g/mol. The van der Waals surface area contributed by atoms with E-state index >= 15 is 0 Å². The second-order valence-corrected chi connectivity index (χ2v) is 6.78. The second kappa shape index (κ2) is 7.83. The topological polar surface area (TPSA) is 63.6 Å². The number of unbranched alkanes of at least 4 members (excludes halogenated alkanes) is 3. The Kier molecular flexibility index (Phi) is 5.53. The van der Waals surface area contributed by atoms with E-state index in [9.17, 15) is 14.7 Å². The van der Waals surface area contributed by atoms with Crippen molar-refractivity contribution in [2.75, 3.05) is 11.9 Å². The van der Waals surface area contributed by atoms with Gasteiger partial charge in [0.05, 0.1) is 12.2 Å². The average Bonchev–Trinajstić information content (AvgIpc) is 2.63. The highest BCUT2D eigenvalue weighted by atomic mass is 79.9. The predicted octanol–water partition coefficient (Wildman–Crippen LogP) is 4.50. The molecule has 130 valence electrons. The van der Waals surface area contributed by atoms with Gasteiger partial charge in [-0.2, -0.15) is 0 Å². The Labute approximate surface area is 155 Å². The van der Waals surface area contributed by atoms with E-state index in [0.29, 0.717) is 17.7 Å². The lowest BCUT2D eigenvalue weighted by atomic mass is 9.83. The summed E-state index contributed by atoms with van der Waals surface area (Å²) in [7, 11) is 0. The van der Waals surface area contributed by atoms with E-state index in [2.05, 4.69) is 15.9 Å². The number of rotatable bonds is 7. The smallest absolute Gasteiger partial charge is 0.198 e. The van der Waals surface area contributed by atoms with Gasteiger partial charge in [-0.15, -0.1) is 0 Å². The number of halogens is 1. The van der Waals surface area contributed by atoms with E-state index in [0.717, 1.165) is 31.0 Å². The molecule has 0 fully saturated rings. The van der Waals surface area contributed by atoms with Crippen LogP contribution in [0.15, 0.2) is 36.4 Å². The number of phenolic OH excluding ortho intramolecular Hbond substituents is 1. The molecular formula is C20H19BrO4. The highest BCUT2D eigenvalue weighted by Gasteiger charge is 2.33. The molecule has 0 unspecified atom stereocenters. The average molecular weight is 403 g/mol. The fourth-order valence-corrected chi connectivity index (χ4v) is 3.40. The summed E-state index contributed by atoms with van der Waals surface area (Å²) in [6.07, 6.45) is 4.16. The molecule has 0 heterocycles. The van der Waals surface area contributed by atoms with E-state index in [1.54, 1.807) is 36.4 Å². The summed E-state index contributed by atoms with van der Waals surface area (Å²) in [6.45, 7) is 0.466. The minimum absolute atomic E-state index is 0.0421. The molecule has 1 aliphatic carbocycles. The SMILES string of the molecule is O=C1c2ccccc2C(=O)c2c1ccc(OCCCCCCBr)c2O. The molecule has 0 aromatic heterocycles. The molecule has 0 aliphatic heterocycles. The zero-order chi connectivity index (χ0) is 17.8. The number of ketones is 2. The Bertz CT molecular complexity index is 813. The third-order valence-electron chi connectivity index (χ3n) is 4.31. The van der Waals surface area contributed by atoms with Crippen LogP contribution in [0.5, 0.6) is 11.5 Å². The summed E-state index contributed by atoms with van der Waals surface area (Å²) in [5.74, 6) is -0.585.